The van der Waals surface area contributed by atoms with Crippen LogP contribution in [0.3, 0.4) is 0 Å². The van der Waals surface area contributed by atoms with E-state index in [1.165, 1.54) is 114 Å². The smallest absolute Gasteiger partial charge is 0.312 e. The third-order valence-electron chi connectivity index (χ3n) is 8.53. The Bertz CT molecular complexity index is 863. The van der Waals surface area contributed by atoms with Gasteiger partial charge in [-0.1, -0.05) is 130 Å². The van der Waals surface area contributed by atoms with Crippen molar-refractivity contribution in [1.29, 1.82) is 0 Å². The summed E-state index contributed by atoms with van der Waals surface area (Å²) in [6.45, 7) is 10.8. The number of ether oxygens (including phenoxy) is 2. The summed E-state index contributed by atoms with van der Waals surface area (Å²) in [5, 5.41) is 0. The summed E-state index contributed by atoms with van der Waals surface area (Å²) in [6, 6.07) is 0. The van der Waals surface area contributed by atoms with Gasteiger partial charge in [0.2, 0.25) is 6.23 Å². The molecule has 1 aliphatic rings. The number of rotatable bonds is 24. The Morgan fingerprint density at radius 2 is 1.40 bits per heavy atom. The monoisotopic (exact) mass is 719 g/mol. The van der Waals surface area contributed by atoms with E-state index in [0.29, 0.717) is 17.0 Å². The molecule has 2 unspecified atom stereocenters. The maximum Gasteiger partial charge on any atom is 0.312 e. The molecule has 0 saturated heterocycles. The highest BCUT2D eigenvalue weighted by Crippen LogP contribution is 2.33. The van der Waals surface area contributed by atoms with Gasteiger partial charge in [-0.2, -0.15) is 4.37 Å². The second kappa shape index (κ2) is 23.6. The first-order chi connectivity index (χ1) is 19.9. The molecule has 42 heavy (non-hydrogen) atoms. The van der Waals surface area contributed by atoms with Crippen LogP contribution < -0.4 is 28.7 Å². The van der Waals surface area contributed by atoms with Crippen molar-refractivity contribution in [2.75, 3.05) is 26.7 Å². The van der Waals surface area contributed by atoms with E-state index in [4.69, 9.17) is 9.47 Å². The number of quaternary nitrogens is 1. The van der Waals surface area contributed by atoms with Crippen molar-refractivity contribution in [3.63, 3.8) is 0 Å². The number of hydrogen-bond acceptors (Lipinski definition) is 6. The Hall–Kier alpha value is -0.740. The molecule has 2 atom stereocenters. The average Bonchev–Trinajstić information content (AvgIpc) is 3.43. The Kier molecular flexibility index (Phi) is 22.1. The number of esters is 1. The van der Waals surface area contributed by atoms with Gasteiger partial charge in [0.05, 0.1) is 37.8 Å². The van der Waals surface area contributed by atoms with Gasteiger partial charge in [-0.15, -0.1) is 4.37 Å². The van der Waals surface area contributed by atoms with E-state index in [9.17, 15) is 4.79 Å². The zero-order chi connectivity index (χ0) is 29.8. The van der Waals surface area contributed by atoms with Crippen molar-refractivity contribution in [1.82, 2.24) is 8.75 Å². The molecule has 0 fully saturated rings. The highest BCUT2D eigenvalue weighted by atomic mass is 127. The fourth-order valence-electron chi connectivity index (χ4n) is 5.76. The van der Waals surface area contributed by atoms with Gasteiger partial charge in [0, 0.05) is 18.4 Å². The lowest BCUT2D eigenvalue weighted by atomic mass is 10.0. The van der Waals surface area contributed by atoms with Crippen LogP contribution in [0.4, 0.5) is 0 Å². The van der Waals surface area contributed by atoms with Crippen molar-refractivity contribution in [3.8, 4) is 5.88 Å². The lowest BCUT2D eigenvalue weighted by Crippen LogP contribution is -3.00. The van der Waals surface area contributed by atoms with Crippen molar-refractivity contribution in [2.24, 2.45) is 5.92 Å². The predicted octanol–water partition coefficient (Wildman–Crippen LogP) is 6.74. The molecule has 2 heterocycles. The van der Waals surface area contributed by atoms with Gasteiger partial charge in [0.15, 0.2) is 0 Å². The fraction of sp³-hybridized carbons (Fsp3) is 0.853. The van der Waals surface area contributed by atoms with E-state index in [-0.39, 0.29) is 42.1 Å². The average molecular weight is 720 g/mol. The number of carbonyl (C=O) groups excluding carboxylic acids is 1. The first-order valence-corrected chi connectivity index (χ1v) is 17.8. The Labute approximate surface area is 279 Å². The first-order valence-electron chi connectivity index (χ1n) is 17.1. The largest absolute Gasteiger partial charge is 1.00 e. The van der Waals surface area contributed by atoms with E-state index in [2.05, 4.69) is 35.7 Å². The van der Waals surface area contributed by atoms with Gasteiger partial charge < -0.3 is 33.5 Å². The topological polar surface area (TPSA) is 61.3 Å². The second-order valence-electron chi connectivity index (χ2n) is 12.8. The van der Waals surface area contributed by atoms with E-state index in [1.54, 1.807) is 0 Å². The summed E-state index contributed by atoms with van der Waals surface area (Å²) >= 11 is 1.22. The quantitative estimate of drug-likeness (QED) is 0.0513. The van der Waals surface area contributed by atoms with Gasteiger partial charge >= 0.3 is 5.97 Å². The van der Waals surface area contributed by atoms with Crippen LogP contribution in [0, 0.1) is 5.92 Å². The number of nitrogens with zero attached hydrogens (tertiary/aromatic N) is 3. The predicted molar refractivity (Wildman–Crippen MR) is 173 cm³/mol. The molecule has 0 aromatic carbocycles. The summed E-state index contributed by atoms with van der Waals surface area (Å²) in [7, 11) is 2.25. The zero-order valence-corrected chi connectivity index (χ0v) is 30.6. The molecule has 1 aromatic rings. The summed E-state index contributed by atoms with van der Waals surface area (Å²) in [5.74, 6) is 0.455. The fourth-order valence-corrected chi connectivity index (χ4v) is 6.29. The van der Waals surface area contributed by atoms with Crippen LogP contribution in [0.1, 0.15) is 155 Å². The van der Waals surface area contributed by atoms with Crippen molar-refractivity contribution in [3.05, 3.63) is 11.8 Å². The number of halogens is 1. The van der Waals surface area contributed by atoms with Gasteiger partial charge in [-0.3, -0.25) is 9.28 Å². The molecule has 0 aliphatic carbocycles. The van der Waals surface area contributed by atoms with Crippen molar-refractivity contribution in [2.45, 2.75) is 156 Å². The molecule has 0 radical (unpaired) electrons. The van der Waals surface area contributed by atoms with Gasteiger partial charge in [0.1, 0.15) is 12.2 Å². The molecule has 0 saturated carbocycles. The van der Waals surface area contributed by atoms with E-state index in [1.807, 2.05) is 13.8 Å². The molecule has 244 valence electrons. The Morgan fingerprint density at radius 3 is 1.98 bits per heavy atom. The van der Waals surface area contributed by atoms with Crippen LogP contribution in [0.15, 0.2) is 6.08 Å². The normalized spacial score (nSPS) is 17.5. The summed E-state index contributed by atoms with van der Waals surface area (Å²) in [4.78, 5) is 12.7. The van der Waals surface area contributed by atoms with Gasteiger partial charge in [-0.25, -0.2) is 0 Å². The zero-order valence-electron chi connectivity index (χ0n) is 27.6. The summed E-state index contributed by atoms with van der Waals surface area (Å²) < 4.78 is 22.1. The Balaban J connectivity index is 0.00000882. The molecular formula is C34H62IN3O3S. The minimum absolute atomic E-state index is 0. The van der Waals surface area contributed by atoms with Crippen LogP contribution in [0.5, 0.6) is 5.88 Å². The van der Waals surface area contributed by atoms with Crippen LogP contribution in [-0.2, 0) is 9.53 Å². The van der Waals surface area contributed by atoms with E-state index >= 15 is 0 Å². The number of unbranched alkanes of at least 4 members (excludes halogenated alkanes) is 15. The van der Waals surface area contributed by atoms with Gasteiger partial charge in [-0.05, 0) is 12.8 Å². The number of aromatic nitrogens is 2. The molecule has 1 aromatic heterocycles. The lowest BCUT2D eigenvalue weighted by molar-refractivity contribution is -0.947. The SMILES string of the molecule is CCCCCCCCCCCCCCCC(OC(=O)C(C)C)[N+]1(C)CCC=C(c2nsnc2OCCCCCC)C1.[I-]. The first kappa shape index (κ1) is 39.3. The maximum atomic E-state index is 12.7. The van der Waals surface area contributed by atoms with Crippen LogP contribution in [0.25, 0.3) is 5.57 Å². The standard InChI is InChI=1S/C34H62N3O3S.HI/c1-6-8-10-12-13-14-15-16-17-18-19-20-21-25-31(40-34(38)29(3)4)37(5)26-23-24-30(28-37)32-33(36-41-35-32)39-27-22-11-9-7-2;/h24,29,31H,6-23,25-28H2,1-5H3;1H/q+1;/p-1. The molecule has 0 bridgehead atoms. The molecule has 0 N–H and O–H groups in total. The minimum Gasteiger partial charge on any atom is -1.00 e. The number of hydrogen-bond donors (Lipinski definition) is 0. The molecule has 1 aliphatic heterocycles. The van der Waals surface area contributed by atoms with Gasteiger partial charge in [0.25, 0.3) is 5.88 Å². The maximum absolute atomic E-state index is 12.7. The molecule has 0 spiro atoms. The molecule has 2 rings (SSSR count). The molecule has 0 amide bonds. The van der Waals surface area contributed by atoms with Crippen LogP contribution >= 0.6 is 11.7 Å². The molecular weight excluding hydrogens is 657 g/mol. The molecule has 8 heteroatoms. The molecule has 6 nitrogen and oxygen atoms in total. The highest BCUT2D eigenvalue weighted by molar-refractivity contribution is 6.99. The van der Waals surface area contributed by atoms with Crippen LogP contribution in [-0.4, -0.2) is 52.2 Å². The summed E-state index contributed by atoms with van der Waals surface area (Å²) in [6.07, 6.45) is 26.1. The third kappa shape index (κ3) is 15.3. The van der Waals surface area contributed by atoms with Crippen molar-refractivity contribution >= 4 is 23.3 Å². The highest BCUT2D eigenvalue weighted by Gasteiger charge is 2.39. The Morgan fingerprint density at radius 1 is 0.857 bits per heavy atom. The van der Waals surface area contributed by atoms with Crippen molar-refractivity contribution < 1.29 is 42.7 Å². The van der Waals surface area contributed by atoms with E-state index < -0.39 is 0 Å². The number of likely N-dealkylation sites (N-methyl/N-ethyl adjacent to an activating group) is 1. The third-order valence-corrected chi connectivity index (χ3v) is 9.05. The lowest BCUT2D eigenvalue weighted by Gasteiger charge is -2.43. The number of carbonyl (C=O) groups is 1. The van der Waals surface area contributed by atoms with Crippen LogP contribution in [0.2, 0.25) is 0 Å². The summed E-state index contributed by atoms with van der Waals surface area (Å²) in [5.41, 5.74) is 2.05. The van der Waals surface area contributed by atoms with E-state index in [0.717, 1.165) is 44.5 Å². The minimum atomic E-state index is -0.133. The second-order valence-corrected chi connectivity index (χ2v) is 13.3.